The van der Waals surface area contributed by atoms with E-state index < -0.39 is 18.4 Å². The largest absolute Gasteiger partial charge is 0.435 e. The van der Waals surface area contributed by atoms with Gasteiger partial charge in [-0.05, 0) is 41.5 Å². The highest BCUT2D eigenvalue weighted by Gasteiger charge is 2.29. The lowest BCUT2D eigenvalue weighted by Crippen LogP contribution is -2.03. The van der Waals surface area contributed by atoms with E-state index >= 15 is 0 Å². The smallest absolute Gasteiger partial charge is 0.416 e. The molecule has 0 radical (unpaired) electrons. The highest BCUT2D eigenvalue weighted by atomic mass is 19.4. The quantitative estimate of drug-likeness (QED) is 0.471. The average Bonchev–Trinajstić information content (AvgIpc) is 3.14. The second-order valence-electron chi connectivity index (χ2n) is 5.77. The Hall–Kier alpha value is -3.74. The molecule has 0 saturated carbocycles. The van der Waals surface area contributed by atoms with E-state index in [2.05, 4.69) is 20.1 Å². The van der Waals surface area contributed by atoms with Crippen molar-refractivity contribution in [3.8, 4) is 23.1 Å². The second-order valence-corrected chi connectivity index (χ2v) is 5.77. The summed E-state index contributed by atoms with van der Waals surface area (Å²) < 4.78 is 67.6. The first-order valence-corrected chi connectivity index (χ1v) is 8.03. The summed E-state index contributed by atoms with van der Waals surface area (Å²) in [6.45, 7) is -3.07. The maximum Gasteiger partial charge on any atom is 0.416 e. The lowest BCUT2D eigenvalue weighted by atomic mass is 10.0. The summed E-state index contributed by atoms with van der Waals surface area (Å²) in [6.07, 6.45) is -1.41. The van der Waals surface area contributed by atoms with Crippen LogP contribution in [0.3, 0.4) is 0 Å². The van der Waals surface area contributed by atoms with Crippen molar-refractivity contribution in [2.24, 2.45) is 0 Å². The van der Waals surface area contributed by atoms with Gasteiger partial charge in [0.25, 0.3) is 0 Å². The van der Waals surface area contributed by atoms with Gasteiger partial charge in [-0.1, -0.05) is 29.5 Å². The molecule has 0 aliphatic carbocycles. The Morgan fingerprint density at radius 2 is 1.72 bits per heavy atom. The van der Waals surface area contributed by atoms with E-state index in [1.165, 1.54) is 36.4 Å². The average molecular weight is 406 g/mol. The number of alkyl halides is 5. The first kappa shape index (κ1) is 20.0. The molecule has 0 unspecified atom stereocenters. The molecule has 3 aromatic rings. The number of halogens is 5. The fraction of sp³-hybridized carbons (Fsp3) is 0.105. The van der Waals surface area contributed by atoms with Crippen LogP contribution in [0.2, 0.25) is 0 Å². The Morgan fingerprint density at radius 3 is 2.34 bits per heavy atom. The predicted molar refractivity (Wildman–Crippen MR) is 93.5 cm³/mol. The number of aromatic amines is 1. The highest BCUT2D eigenvalue weighted by molar-refractivity contribution is 5.75. The van der Waals surface area contributed by atoms with Gasteiger partial charge in [0.15, 0.2) is 5.69 Å². The van der Waals surface area contributed by atoms with Gasteiger partial charge in [0.1, 0.15) is 17.5 Å². The lowest BCUT2D eigenvalue weighted by Gasteiger charge is -2.08. The van der Waals surface area contributed by atoms with Crippen LogP contribution >= 0.6 is 0 Å². The molecule has 2 aromatic carbocycles. The number of benzene rings is 2. The molecule has 148 valence electrons. The summed E-state index contributed by atoms with van der Waals surface area (Å²) >= 11 is 0. The fourth-order valence-corrected chi connectivity index (χ4v) is 2.51. The van der Waals surface area contributed by atoms with Crippen LogP contribution in [0.5, 0.6) is 5.75 Å². The van der Waals surface area contributed by atoms with E-state index in [9.17, 15) is 22.0 Å². The number of H-pyrrole nitrogens is 1. The van der Waals surface area contributed by atoms with Crippen molar-refractivity contribution in [3.05, 3.63) is 64.8 Å². The number of nitrogens with zero attached hydrogens (tertiary/aromatic N) is 3. The number of nitriles is 1. The van der Waals surface area contributed by atoms with E-state index in [4.69, 9.17) is 5.26 Å². The van der Waals surface area contributed by atoms with Gasteiger partial charge in [0, 0.05) is 5.56 Å². The van der Waals surface area contributed by atoms with Gasteiger partial charge in [0.2, 0.25) is 0 Å². The minimum atomic E-state index is -4.44. The van der Waals surface area contributed by atoms with Gasteiger partial charge in [0.05, 0.1) is 5.56 Å². The third-order valence-electron chi connectivity index (χ3n) is 3.79. The Bertz CT molecular complexity index is 1070. The van der Waals surface area contributed by atoms with E-state index in [1.807, 2.05) is 6.07 Å². The maximum atomic E-state index is 12.6. The zero-order chi connectivity index (χ0) is 21.0. The van der Waals surface area contributed by atoms with Gasteiger partial charge in [-0.2, -0.15) is 27.2 Å². The zero-order valence-electron chi connectivity index (χ0n) is 14.4. The molecule has 3 rings (SSSR count). The molecule has 0 fully saturated rings. The van der Waals surface area contributed by atoms with Gasteiger partial charge >= 0.3 is 12.8 Å². The first-order chi connectivity index (χ1) is 13.8. The number of nitrogens with one attached hydrogen (secondary N) is 1. The van der Waals surface area contributed by atoms with Crippen LogP contribution in [0.4, 0.5) is 22.0 Å². The molecule has 0 aliphatic rings. The van der Waals surface area contributed by atoms with Crippen molar-refractivity contribution in [1.82, 2.24) is 15.4 Å². The standard InChI is InChI=1S/C19H11F5N4O/c20-18(21)29-15-8-12(7-13(9-15)17-16(10-25)26-28-27-17)2-1-11-3-5-14(6-4-11)19(22,23)24/h1-9,18H,(H,26,27,28)/b2-1+. The van der Waals surface area contributed by atoms with Gasteiger partial charge < -0.3 is 4.74 Å². The number of hydrogen-bond donors (Lipinski definition) is 1. The Morgan fingerprint density at radius 1 is 1.03 bits per heavy atom. The van der Waals surface area contributed by atoms with Crippen LogP contribution in [-0.4, -0.2) is 22.0 Å². The Kier molecular flexibility index (Phi) is 5.59. The number of aromatic nitrogens is 3. The minimum absolute atomic E-state index is 0.0388. The molecule has 1 N–H and O–H groups in total. The van der Waals surface area contributed by atoms with E-state index in [1.54, 1.807) is 6.07 Å². The molecule has 10 heteroatoms. The van der Waals surface area contributed by atoms with Crippen molar-refractivity contribution in [2.45, 2.75) is 12.8 Å². The van der Waals surface area contributed by atoms with Crippen molar-refractivity contribution in [3.63, 3.8) is 0 Å². The Balaban J connectivity index is 1.94. The molecule has 5 nitrogen and oxygen atoms in total. The summed E-state index contributed by atoms with van der Waals surface area (Å²) in [6, 6.07) is 10.4. The molecule has 0 aliphatic heterocycles. The molecule has 0 atom stereocenters. The molecule has 0 bridgehead atoms. The van der Waals surface area contributed by atoms with Gasteiger partial charge in [-0.3, -0.25) is 0 Å². The van der Waals surface area contributed by atoms with Crippen LogP contribution in [0.1, 0.15) is 22.4 Å². The molecule has 29 heavy (non-hydrogen) atoms. The summed E-state index contributed by atoms with van der Waals surface area (Å²) in [5.74, 6) is -0.170. The van der Waals surface area contributed by atoms with Gasteiger partial charge in [-0.25, -0.2) is 5.10 Å². The molecule has 1 heterocycles. The second kappa shape index (κ2) is 8.10. The third-order valence-corrected chi connectivity index (χ3v) is 3.79. The molecule has 0 amide bonds. The van der Waals surface area contributed by atoms with Crippen molar-refractivity contribution in [2.75, 3.05) is 0 Å². The van der Waals surface area contributed by atoms with Gasteiger partial charge in [-0.15, -0.1) is 5.10 Å². The highest BCUT2D eigenvalue weighted by Crippen LogP contribution is 2.30. The van der Waals surface area contributed by atoms with Crippen LogP contribution in [0.15, 0.2) is 42.5 Å². The van der Waals surface area contributed by atoms with E-state index in [0.717, 1.165) is 12.1 Å². The third kappa shape index (κ3) is 4.95. The van der Waals surface area contributed by atoms with Crippen LogP contribution in [-0.2, 0) is 6.18 Å². The zero-order valence-corrected chi connectivity index (χ0v) is 14.4. The first-order valence-electron chi connectivity index (χ1n) is 8.03. The minimum Gasteiger partial charge on any atom is -0.435 e. The predicted octanol–water partition coefficient (Wildman–Crippen LogP) is 5.13. The molecule has 0 spiro atoms. The lowest BCUT2D eigenvalue weighted by molar-refractivity contribution is -0.137. The summed E-state index contributed by atoms with van der Waals surface area (Å²) in [5, 5.41) is 18.7. The summed E-state index contributed by atoms with van der Waals surface area (Å²) in [4.78, 5) is 0. The monoisotopic (exact) mass is 406 g/mol. The molecule has 1 aromatic heterocycles. The molecular formula is C19H11F5N4O. The number of rotatable bonds is 5. The van der Waals surface area contributed by atoms with Crippen LogP contribution in [0, 0.1) is 11.3 Å². The van der Waals surface area contributed by atoms with Crippen molar-refractivity contribution in [1.29, 1.82) is 5.26 Å². The van der Waals surface area contributed by atoms with Crippen LogP contribution in [0.25, 0.3) is 23.4 Å². The van der Waals surface area contributed by atoms with Crippen molar-refractivity contribution >= 4 is 12.2 Å². The SMILES string of the molecule is N#Cc1[nH]nnc1-c1cc(/C=C/c2ccc(C(F)(F)F)cc2)cc(OC(F)F)c1. The topological polar surface area (TPSA) is 74.6 Å². The van der Waals surface area contributed by atoms with E-state index in [-0.39, 0.29) is 17.1 Å². The normalized spacial score (nSPS) is 11.8. The summed E-state index contributed by atoms with van der Waals surface area (Å²) in [5.41, 5.74) is 0.594. The Labute approximate surface area is 161 Å². The van der Waals surface area contributed by atoms with Crippen LogP contribution < -0.4 is 4.74 Å². The fourth-order valence-electron chi connectivity index (χ4n) is 2.51. The number of hydrogen-bond acceptors (Lipinski definition) is 4. The van der Waals surface area contributed by atoms with Crippen molar-refractivity contribution < 1.29 is 26.7 Å². The molecular weight excluding hydrogens is 395 g/mol. The number of ether oxygens (including phenoxy) is 1. The van der Waals surface area contributed by atoms with E-state index in [0.29, 0.717) is 16.7 Å². The summed E-state index contributed by atoms with van der Waals surface area (Å²) in [7, 11) is 0. The maximum absolute atomic E-state index is 12.6. The molecule has 0 saturated heterocycles.